The molecule has 0 N–H and O–H groups in total. The molecule has 0 unspecified atom stereocenters. The Bertz CT molecular complexity index is 556. The van der Waals surface area contributed by atoms with E-state index in [1.807, 2.05) is 6.07 Å². The van der Waals surface area contributed by atoms with Gasteiger partial charge in [-0.1, -0.05) is 54.6 Å². The smallest absolute Gasteiger partial charge is 0.287 e. The molecule has 1 nitrogen and oxygen atoms in total. The molecular weight excluding hydrogens is 234 g/mol. The number of rotatable bonds is 3. The van der Waals surface area contributed by atoms with Crippen molar-refractivity contribution in [1.82, 2.24) is 0 Å². The van der Waals surface area contributed by atoms with Gasteiger partial charge < -0.3 is 0 Å². The van der Waals surface area contributed by atoms with Crippen LogP contribution in [0.1, 0.15) is 17.3 Å². The molecule has 0 saturated carbocycles. The summed E-state index contributed by atoms with van der Waals surface area (Å²) in [7, 11) is 0. The molecule has 0 aliphatic carbocycles. The second-order valence-electron chi connectivity index (χ2n) is 4.13. The number of alkyl halides is 2. The number of carbonyl (C=O) groups excluding carboxylic acids is 1. The number of ketones is 1. The van der Waals surface area contributed by atoms with Crippen LogP contribution in [0.3, 0.4) is 0 Å². The van der Waals surface area contributed by atoms with Crippen LogP contribution in [0.4, 0.5) is 8.78 Å². The van der Waals surface area contributed by atoms with Gasteiger partial charge in [0, 0.05) is 12.5 Å². The molecule has 0 aromatic heterocycles. The van der Waals surface area contributed by atoms with Crippen molar-refractivity contribution >= 4 is 5.78 Å². The molecule has 0 bridgehead atoms. The molecule has 0 aliphatic rings. The van der Waals surface area contributed by atoms with E-state index in [4.69, 9.17) is 0 Å². The van der Waals surface area contributed by atoms with E-state index in [0.717, 1.165) is 5.56 Å². The molecule has 2 aromatic rings. The first-order chi connectivity index (χ1) is 8.50. The number of benzene rings is 2. The first kappa shape index (κ1) is 12.4. The SMILES string of the molecule is CC(F)(F)C(=O)c1ccccc1-c1ccccc1. The lowest BCUT2D eigenvalue weighted by atomic mass is 9.95. The quantitative estimate of drug-likeness (QED) is 0.742. The van der Waals surface area contributed by atoms with E-state index in [-0.39, 0.29) is 5.56 Å². The lowest BCUT2D eigenvalue weighted by Crippen LogP contribution is -2.24. The van der Waals surface area contributed by atoms with Crippen LogP contribution in [0.15, 0.2) is 54.6 Å². The third-order valence-electron chi connectivity index (χ3n) is 2.66. The van der Waals surface area contributed by atoms with Gasteiger partial charge in [-0.25, -0.2) is 0 Å². The average molecular weight is 246 g/mol. The van der Waals surface area contributed by atoms with Crippen LogP contribution < -0.4 is 0 Å². The summed E-state index contributed by atoms with van der Waals surface area (Å²) in [6.45, 7) is 0.622. The molecule has 3 heteroatoms. The summed E-state index contributed by atoms with van der Waals surface area (Å²) in [4.78, 5) is 11.7. The van der Waals surface area contributed by atoms with Crippen molar-refractivity contribution in [3.63, 3.8) is 0 Å². The van der Waals surface area contributed by atoms with Crippen molar-refractivity contribution in [2.24, 2.45) is 0 Å². The van der Waals surface area contributed by atoms with Crippen molar-refractivity contribution in [3.05, 3.63) is 60.2 Å². The zero-order valence-electron chi connectivity index (χ0n) is 9.86. The summed E-state index contributed by atoms with van der Waals surface area (Å²) < 4.78 is 26.3. The minimum Gasteiger partial charge on any atom is -0.287 e. The normalized spacial score (nSPS) is 11.3. The number of hydrogen-bond acceptors (Lipinski definition) is 1. The number of halogens is 2. The molecule has 0 radical (unpaired) electrons. The fourth-order valence-electron chi connectivity index (χ4n) is 1.79. The fourth-order valence-corrected chi connectivity index (χ4v) is 1.79. The Morgan fingerprint density at radius 3 is 2.11 bits per heavy atom. The minimum absolute atomic E-state index is 0.0520. The van der Waals surface area contributed by atoms with Crippen molar-refractivity contribution < 1.29 is 13.6 Å². The Morgan fingerprint density at radius 1 is 0.944 bits per heavy atom. The van der Waals surface area contributed by atoms with Gasteiger partial charge in [0.25, 0.3) is 0 Å². The summed E-state index contributed by atoms with van der Waals surface area (Å²) in [6, 6.07) is 15.5. The predicted molar refractivity (Wildman–Crippen MR) is 66.8 cm³/mol. The summed E-state index contributed by atoms with van der Waals surface area (Å²) in [6.07, 6.45) is 0. The second-order valence-corrected chi connectivity index (χ2v) is 4.13. The van der Waals surface area contributed by atoms with Gasteiger partial charge in [0.15, 0.2) is 0 Å². The van der Waals surface area contributed by atoms with Gasteiger partial charge >= 0.3 is 5.92 Å². The van der Waals surface area contributed by atoms with Crippen LogP contribution in [0, 0.1) is 0 Å². The van der Waals surface area contributed by atoms with Gasteiger partial charge in [-0.05, 0) is 11.1 Å². The molecule has 0 fully saturated rings. The van der Waals surface area contributed by atoms with Crippen LogP contribution in [0.2, 0.25) is 0 Å². The van der Waals surface area contributed by atoms with Gasteiger partial charge in [-0.15, -0.1) is 0 Å². The van der Waals surface area contributed by atoms with Crippen LogP contribution in [-0.4, -0.2) is 11.7 Å². The molecule has 18 heavy (non-hydrogen) atoms. The summed E-state index contributed by atoms with van der Waals surface area (Å²) in [5.41, 5.74) is 1.34. The van der Waals surface area contributed by atoms with E-state index in [0.29, 0.717) is 12.5 Å². The lowest BCUT2D eigenvalue weighted by molar-refractivity contribution is 0.0222. The maximum absolute atomic E-state index is 13.1. The van der Waals surface area contributed by atoms with Gasteiger partial charge in [0.1, 0.15) is 0 Å². The van der Waals surface area contributed by atoms with Crippen molar-refractivity contribution in [2.75, 3.05) is 0 Å². The summed E-state index contributed by atoms with van der Waals surface area (Å²) >= 11 is 0. The van der Waals surface area contributed by atoms with E-state index in [1.54, 1.807) is 42.5 Å². The second kappa shape index (κ2) is 4.69. The average Bonchev–Trinajstić information content (AvgIpc) is 2.38. The maximum atomic E-state index is 13.1. The van der Waals surface area contributed by atoms with Crippen LogP contribution in [-0.2, 0) is 0 Å². The first-order valence-electron chi connectivity index (χ1n) is 5.57. The first-order valence-corrected chi connectivity index (χ1v) is 5.57. The highest BCUT2D eigenvalue weighted by molar-refractivity contribution is 6.06. The highest BCUT2D eigenvalue weighted by Gasteiger charge is 2.34. The minimum atomic E-state index is -3.36. The van der Waals surface area contributed by atoms with E-state index in [9.17, 15) is 13.6 Å². The Morgan fingerprint density at radius 2 is 1.50 bits per heavy atom. The van der Waals surface area contributed by atoms with Crippen molar-refractivity contribution in [2.45, 2.75) is 12.8 Å². The Balaban J connectivity index is 2.54. The Labute approximate surface area is 104 Å². The molecule has 0 aliphatic heterocycles. The van der Waals surface area contributed by atoms with Crippen LogP contribution >= 0.6 is 0 Å². The monoisotopic (exact) mass is 246 g/mol. The highest BCUT2D eigenvalue weighted by atomic mass is 19.3. The van der Waals surface area contributed by atoms with E-state index in [2.05, 4.69) is 0 Å². The standard InChI is InChI=1S/C15H12F2O/c1-15(16,17)14(18)13-10-6-5-9-12(13)11-7-3-2-4-8-11/h2-10H,1H3. The number of hydrogen-bond donors (Lipinski definition) is 0. The lowest BCUT2D eigenvalue weighted by Gasteiger charge is -2.13. The fraction of sp³-hybridized carbons (Fsp3) is 0.133. The molecule has 0 spiro atoms. The zero-order valence-corrected chi connectivity index (χ0v) is 9.86. The van der Waals surface area contributed by atoms with E-state index < -0.39 is 11.7 Å². The number of Topliss-reactive ketones (excluding diaryl/α,β-unsaturated/α-hetero) is 1. The Hall–Kier alpha value is -2.03. The third kappa shape index (κ3) is 2.45. The van der Waals surface area contributed by atoms with Gasteiger partial charge in [-0.2, -0.15) is 8.78 Å². The molecular formula is C15H12F2O. The maximum Gasteiger partial charge on any atom is 0.307 e. The largest absolute Gasteiger partial charge is 0.307 e. The van der Waals surface area contributed by atoms with Crippen molar-refractivity contribution in [1.29, 1.82) is 0 Å². The Kier molecular flexibility index (Phi) is 3.24. The van der Waals surface area contributed by atoms with Gasteiger partial charge in [0.05, 0.1) is 0 Å². The van der Waals surface area contributed by atoms with Crippen molar-refractivity contribution in [3.8, 4) is 11.1 Å². The van der Waals surface area contributed by atoms with E-state index >= 15 is 0 Å². The zero-order chi connectivity index (χ0) is 13.2. The molecule has 0 amide bonds. The van der Waals surface area contributed by atoms with Gasteiger partial charge in [-0.3, -0.25) is 4.79 Å². The topological polar surface area (TPSA) is 17.1 Å². The van der Waals surface area contributed by atoms with Gasteiger partial charge in [0.2, 0.25) is 5.78 Å². The predicted octanol–water partition coefficient (Wildman–Crippen LogP) is 4.19. The molecule has 0 saturated heterocycles. The highest BCUT2D eigenvalue weighted by Crippen LogP contribution is 2.28. The van der Waals surface area contributed by atoms with Crippen LogP contribution in [0.5, 0.6) is 0 Å². The third-order valence-corrected chi connectivity index (χ3v) is 2.66. The number of carbonyl (C=O) groups is 1. The summed E-state index contributed by atoms with van der Waals surface area (Å²) in [5.74, 6) is -4.51. The summed E-state index contributed by atoms with van der Waals surface area (Å²) in [5, 5.41) is 0. The van der Waals surface area contributed by atoms with Crippen LogP contribution in [0.25, 0.3) is 11.1 Å². The molecule has 2 aromatic carbocycles. The molecule has 92 valence electrons. The molecule has 2 rings (SSSR count). The molecule has 0 atom stereocenters. The van der Waals surface area contributed by atoms with E-state index in [1.165, 1.54) is 6.07 Å². The molecule has 0 heterocycles.